The summed E-state index contributed by atoms with van der Waals surface area (Å²) in [5.41, 5.74) is 1.90. The molecular weight excluding hydrogens is 210 g/mol. The van der Waals surface area contributed by atoms with Gasteiger partial charge in [0.1, 0.15) is 0 Å². The average molecular weight is 220 g/mol. The molecule has 15 heavy (non-hydrogen) atoms. The lowest BCUT2D eigenvalue weighted by molar-refractivity contribution is 0.861. The lowest BCUT2D eigenvalue weighted by Crippen LogP contribution is -2.13. The van der Waals surface area contributed by atoms with Gasteiger partial charge >= 0.3 is 0 Å². The van der Waals surface area contributed by atoms with Crippen molar-refractivity contribution in [2.24, 2.45) is 7.05 Å². The zero-order valence-electron chi connectivity index (χ0n) is 8.27. The van der Waals surface area contributed by atoms with Crippen molar-refractivity contribution in [2.75, 3.05) is 0 Å². The van der Waals surface area contributed by atoms with Crippen LogP contribution in [0, 0.1) is 0 Å². The molecule has 0 fully saturated rings. The van der Waals surface area contributed by atoms with Crippen LogP contribution in [0.25, 0.3) is 11.1 Å². The molecule has 0 saturated heterocycles. The SMILES string of the molecule is Cn1ccc(-c2ccc(Cl)cc2)cc1=O. The summed E-state index contributed by atoms with van der Waals surface area (Å²) in [6.45, 7) is 0. The maximum Gasteiger partial charge on any atom is 0.250 e. The lowest BCUT2D eigenvalue weighted by atomic mass is 10.1. The Morgan fingerprint density at radius 1 is 1.07 bits per heavy atom. The quantitative estimate of drug-likeness (QED) is 0.723. The molecule has 1 aromatic heterocycles. The van der Waals surface area contributed by atoms with Gasteiger partial charge in [-0.05, 0) is 29.3 Å². The van der Waals surface area contributed by atoms with Crippen molar-refractivity contribution < 1.29 is 0 Å². The van der Waals surface area contributed by atoms with Crippen LogP contribution in [0.3, 0.4) is 0 Å². The van der Waals surface area contributed by atoms with Crippen molar-refractivity contribution in [3.8, 4) is 11.1 Å². The van der Waals surface area contributed by atoms with Crippen LogP contribution in [-0.4, -0.2) is 4.57 Å². The molecule has 1 heterocycles. The monoisotopic (exact) mass is 219 g/mol. The first-order valence-electron chi connectivity index (χ1n) is 4.59. The number of aryl methyl sites for hydroxylation is 1. The Labute approximate surface area is 92.7 Å². The Balaban J connectivity index is 2.50. The van der Waals surface area contributed by atoms with E-state index < -0.39 is 0 Å². The van der Waals surface area contributed by atoms with Gasteiger partial charge in [-0.25, -0.2) is 0 Å². The number of halogens is 1. The number of hydrogen-bond donors (Lipinski definition) is 0. The highest BCUT2D eigenvalue weighted by Crippen LogP contribution is 2.19. The summed E-state index contributed by atoms with van der Waals surface area (Å²) in [5, 5.41) is 0.697. The molecule has 0 radical (unpaired) electrons. The minimum absolute atomic E-state index is 0.0116. The van der Waals surface area contributed by atoms with Crippen LogP contribution in [0.1, 0.15) is 0 Å². The van der Waals surface area contributed by atoms with Gasteiger partial charge in [-0.15, -0.1) is 0 Å². The number of pyridine rings is 1. The van der Waals surface area contributed by atoms with Crippen LogP contribution in [0.4, 0.5) is 0 Å². The highest BCUT2D eigenvalue weighted by Gasteiger charge is 1.98. The molecule has 0 aliphatic rings. The van der Waals surface area contributed by atoms with Crippen LogP contribution in [0.15, 0.2) is 47.4 Å². The fourth-order valence-corrected chi connectivity index (χ4v) is 1.50. The van der Waals surface area contributed by atoms with E-state index in [1.54, 1.807) is 23.9 Å². The van der Waals surface area contributed by atoms with Crippen molar-refractivity contribution in [3.05, 3.63) is 58.0 Å². The molecule has 0 aliphatic heterocycles. The van der Waals surface area contributed by atoms with E-state index in [9.17, 15) is 4.79 Å². The number of hydrogen-bond acceptors (Lipinski definition) is 1. The Morgan fingerprint density at radius 2 is 1.73 bits per heavy atom. The number of benzene rings is 1. The fourth-order valence-electron chi connectivity index (χ4n) is 1.37. The first-order chi connectivity index (χ1) is 7.16. The van der Waals surface area contributed by atoms with Gasteiger partial charge < -0.3 is 4.57 Å². The smallest absolute Gasteiger partial charge is 0.250 e. The third kappa shape index (κ3) is 2.10. The highest BCUT2D eigenvalue weighted by atomic mass is 35.5. The van der Waals surface area contributed by atoms with Crippen LogP contribution in [0.5, 0.6) is 0 Å². The summed E-state index contributed by atoms with van der Waals surface area (Å²) in [4.78, 5) is 11.4. The fraction of sp³-hybridized carbons (Fsp3) is 0.0833. The van der Waals surface area contributed by atoms with E-state index in [-0.39, 0.29) is 5.56 Å². The molecule has 0 aliphatic carbocycles. The summed E-state index contributed by atoms with van der Waals surface area (Å²) in [7, 11) is 1.73. The lowest BCUT2D eigenvalue weighted by Gasteiger charge is -2.02. The molecule has 0 N–H and O–H groups in total. The van der Waals surface area contributed by atoms with Crippen molar-refractivity contribution in [1.82, 2.24) is 4.57 Å². The molecule has 2 aromatic rings. The van der Waals surface area contributed by atoms with E-state index in [0.717, 1.165) is 11.1 Å². The van der Waals surface area contributed by atoms with Crippen molar-refractivity contribution in [2.45, 2.75) is 0 Å². The van der Waals surface area contributed by atoms with E-state index in [4.69, 9.17) is 11.6 Å². The molecule has 1 aromatic carbocycles. The van der Waals surface area contributed by atoms with Gasteiger partial charge in [0.2, 0.25) is 0 Å². The van der Waals surface area contributed by atoms with Crippen LogP contribution >= 0.6 is 11.6 Å². The van der Waals surface area contributed by atoms with Crippen LogP contribution in [-0.2, 0) is 7.05 Å². The first-order valence-corrected chi connectivity index (χ1v) is 4.97. The van der Waals surface area contributed by atoms with Crippen molar-refractivity contribution in [3.63, 3.8) is 0 Å². The largest absolute Gasteiger partial charge is 0.319 e. The summed E-state index contributed by atoms with van der Waals surface area (Å²) >= 11 is 5.79. The zero-order chi connectivity index (χ0) is 10.8. The van der Waals surface area contributed by atoms with Gasteiger partial charge in [-0.2, -0.15) is 0 Å². The average Bonchev–Trinajstić information content (AvgIpc) is 2.23. The molecule has 0 amide bonds. The molecule has 0 unspecified atom stereocenters. The minimum Gasteiger partial charge on any atom is -0.319 e. The second-order valence-electron chi connectivity index (χ2n) is 3.37. The standard InChI is InChI=1S/C12H10ClNO/c1-14-7-6-10(8-12(14)15)9-2-4-11(13)5-3-9/h2-8H,1H3. The normalized spacial score (nSPS) is 10.3. The maximum absolute atomic E-state index is 11.4. The topological polar surface area (TPSA) is 22.0 Å². The molecule has 76 valence electrons. The summed E-state index contributed by atoms with van der Waals surface area (Å²) in [6.07, 6.45) is 1.76. The first kappa shape index (κ1) is 9.99. The molecule has 0 spiro atoms. The van der Waals surface area contributed by atoms with E-state index in [1.807, 2.05) is 30.3 Å². The Hall–Kier alpha value is -1.54. The summed E-state index contributed by atoms with van der Waals surface area (Å²) in [5.74, 6) is 0. The van der Waals surface area contributed by atoms with E-state index in [0.29, 0.717) is 5.02 Å². The van der Waals surface area contributed by atoms with Gasteiger partial charge in [0, 0.05) is 24.3 Å². The van der Waals surface area contributed by atoms with Gasteiger partial charge in [-0.1, -0.05) is 23.7 Å². The summed E-state index contributed by atoms with van der Waals surface area (Å²) < 4.78 is 1.54. The zero-order valence-corrected chi connectivity index (χ0v) is 9.03. The van der Waals surface area contributed by atoms with Gasteiger partial charge in [0.15, 0.2) is 0 Å². The maximum atomic E-state index is 11.4. The Bertz CT molecular complexity index is 528. The van der Waals surface area contributed by atoms with Gasteiger partial charge in [0.05, 0.1) is 0 Å². The van der Waals surface area contributed by atoms with Crippen LogP contribution < -0.4 is 5.56 Å². The third-order valence-electron chi connectivity index (χ3n) is 2.28. The Kier molecular flexibility index (Phi) is 2.60. The second-order valence-corrected chi connectivity index (χ2v) is 3.81. The van der Waals surface area contributed by atoms with E-state index in [2.05, 4.69) is 0 Å². The summed E-state index contributed by atoms with van der Waals surface area (Å²) in [6, 6.07) is 10.9. The molecule has 2 rings (SSSR count). The molecule has 0 atom stereocenters. The Morgan fingerprint density at radius 3 is 2.33 bits per heavy atom. The van der Waals surface area contributed by atoms with E-state index >= 15 is 0 Å². The molecular formula is C12H10ClNO. The minimum atomic E-state index is -0.0116. The highest BCUT2D eigenvalue weighted by molar-refractivity contribution is 6.30. The van der Waals surface area contributed by atoms with Crippen LogP contribution in [0.2, 0.25) is 5.02 Å². The predicted molar refractivity (Wildman–Crippen MR) is 62.1 cm³/mol. The molecule has 0 bridgehead atoms. The predicted octanol–water partition coefficient (Wildman–Crippen LogP) is 2.71. The molecule has 3 heteroatoms. The van der Waals surface area contributed by atoms with Gasteiger partial charge in [-0.3, -0.25) is 4.79 Å². The number of nitrogens with zero attached hydrogens (tertiary/aromatic N) is 1. The van der Waals surface area contributed by atoms with E-state index in [1.165, 1.54) is 0 Å². The third-order valence-corrected chi connectivity index (χ3v) is 2.53. The second kappa shape index (κ2) is 3.91. The van der Waals surface area contributed by atoms with Gasteiger partial charge in [0.25, 0.3) is 5.56 Å². The van der Waals surface area contributed by atoms with Crippen molar-refractivity contribution >= 4 is 11.6 Å². The number of rotatable bonds is 1. The molecule has 2 nitrogen and oxygen atoms in total. The number of aromatic nitrogens is 1. The van der Waals surface area contributed by atoms with Crippen molar-refractivity contribution in [1.29, 1.82) is 0 Å². The molecule has 0 saturated carbocycles.